The fraction of sp³-hybridized carbons (Fsp3) is 0.143. The van der Waals surface area contributed by atoms with E-state index in [1.54, 1.807) is 62.8 Å². The Morgan fingerprint density at radius 1 is 0.865 bits per heavy atom. The first-order valence-corrected chi connectivity index (χ1v) is 12.4. The SMILES string of the molecule is COc1ccc(CCN2C(=O)c3cccc4c(Sc5ccccc5[NH+]([O-])O)ccc(c34)C2=O)cc1OC. The summed E-state index contributed by atoms with van der Waals surface area (Å²) >= 11 is 1.30. The van der Waals surface area contributed by atoms with Crippen LogP contribution in [0, 0.1) is 5.21 Å². The van der Waals surface area contributed by atoms with Gasteiger partial charge in [-0.1, -0.05) is 42.1 Å². The van der Waals surface area contributed by atoms with Crippen molar-refractivity contribution in [2.45, 2.75) is 16.2 Å². The molecular formula is C28H24N2O6S. The number of benzene rings is 4. The first-order valence-electron chi connectivity index (χ1n) is 11.6. The van der Waals surface area contributed by atoms with Crippen LogP contribution in [0.5, 0.6) is 11.5 Å². The summed E-state index contributed by atoms with van der Waals surface area (Å²) in [5, 5.41) is 21.5. The molecule has 1 heterocycles. The van der Waals surface area contributed by atoms with Crippen LogP contribution in [-0.4, -0.2) is 42.7 Å². The van der Waals surface area contributed by atoms with Crippen LogP contribution >= 0.6 is 11.8 Å². The largest absolute Gasteiger partial charge is 0.595 e. The fourth-order valence-corrected chi connectivity index (χ4v) is 5.60. The lowest BCUT2D eigenvalue weighted by Crippen LogP contribution is -2.99. The highest BCUT2D eigenvalue weighted by atomic mass is 32.2. The molecule has 0 bridgehead atoms. The number of amides is 2. The van der Waals surface area contributed by atoms with E-state index >= 15 is 0 Å². The zero-order valence-corrected chi connectivity index (χ0v) is 21.0. The number of imide groups is 1. The minimum absolute atomic E-state index is 0.196. The average Bonchev–Trinajstić information content (AvgIpc) is 2.92. The highest BCUT2D eigenvalue weighted by molar-refractivity contribution is 7.99. The molecule has 9 heteroatoms. The van der Waals surface area contributed by atoms with Crippen LogP contribution in [0.25, 0.3) is 10.8 Å². The number of carbonyl (C=O) groups excluding carboxylic acids is 2. The highest BCUT2D eigenvalue weighted by Crippen LogP contribution is 2.40. The van der Waals surface area contributed by atoms with Gasteiger partial charge in [0.05, 0.1) is 19.1 Å². The molecule has 5 rings (SSSR count). The van der Waals surface area contributed by atoms with Crippen molar-refractivity contribution >= 4 is 40.0 Å². The third kappa shape index (κ3) is 4.54. The number of nitrogens with one attached hydrogen (secondary N) is 1. The average molecular weight is 517 g/mol. The van der Waals surface area contributed by atoms with Crippen LogP contribution in [0.2, 0.25) is 0 Å². The van der Waals surface area contributed by atoms with Gasteiger partial charge in [-0.15, -0.1) is 0 Å². The minimum Gasteiger partial charge on any atom is -0.595 e. The van der Waals surface area contributed by atoms with E-state index in [2.05, 4.69) is 0 Å². The topological polar surface area (TPSA) is 104 Å². The Morgan fingerprint density at radius 3 is 2.32 bits per heavy atom. The molecule has 0 radical (unpaired) electrons. The normalized spacial score (nSPS) is 13.7. The molecule has 37 heavy (non-hydrogen) atoms. The third-order valence-electron chi connectivity index (χ3n) is 6.36. The van der Waals surface area contributed by atoms with E-state index in [4.69, 9.17) is 9.47 Å². The summed E-state index contributed by atoms with van der Waals surface area (Å²) in [6.07, 6.45) is 0.461. The monoisotopic (exact) mass is 516 g/mol. The molecule has 1 aliphatic rings. The van der Waals surface area contributed by atoms with Crippen molar-refractivity contribution in [3.63, 3.8) is 0 Å². The summed E-state index contributed by atoms with van der Waals surface area (Å²) in [7, 11) is 3.12. The number of para-hydroxylation sites is 1. The van der Waals surface area contributed by atoms with Crippen LogP contribution in [0.3, 0.4) is 0 Å². The highest BCUT2D eigenvalue weighted by Gasteiger charge is 2.33. The number of methoxy groups -OCH3 is 2. The third-order valence-corrected chi connectivity index (χ3v) is 7.51. The Labute approximate surface area is 217 Å². The van der Waals surface area contributed by atoms with Gasteiger partial charge in [0.1, 0.15) is 0 Å². The van der Waals surface area contributed by atoms with Crippen molar-refractivity contribution in [3.05, 3.63) is 94.7 Å². The molecule has 4 aromatic carbocycles. The number of quaternary nitrogens is 1. The Morgan fingerprint density at radius 2 is 1.59 bits per heavy atom. The van der Waals surface area contributed by atoms with Crippen LogP contribution in [0.4, 0.5) is 5.69 Å². The van der Waals surface area contributed by atoms with Gasteiger partial charge in [-0.3, -0.25) is 14.5 Å². The zero-order valence-electron chi connectivity index (χ0n) is 20.2. The smallest absolute Gasteiger partial charge is 0.261 e. The quantitative estimate of drug-likeness (QED) is 0.267. The second-order valence-electron chi connectivity index (χ2n) is 8.44. The number of carbonyl (C=O) groups is 2. The summed E-state index contributed by atoms with van der Waals surface area (Å²) in [5.41, 5.74) is 2.01. The fourth-order valence-electron chi connectivity index (χ4n) is 4.54. The zero-order chi connectivity index (χ0) is 26.1. The van der Waals surface area contributed by atoms with Gasteiger partial charge >= 0.3 is 0 Å². The van der Waals surface area contributed by atoms with Crippen molar-refractivity contribution in [2.75, 3.05) is 20.8 Å². The Bertz CT molecular complexity index is 1500. The number of rotatable bonds is 8. The Kier molecular flexibility index (Phi) is 6.86. The lowest BCUT2D eigenvalue weighted by molar-refractivity contribution is -0.992. The molecule has 2 N–H and O–H groups in total. The lowest BCUT2D eigenvalue weighted by Gasteiger charge is -2.28. The molecule has 0 saturated heterocycles. The maximum absolute atomic E-state index is 13.4. The van der Waals surface area contributed by atoms with Crippen LogP contribution in [0.1, 0.15) is 26.3 Å². The first kappa shape index (κ1) is 24.8. The van der Waals surface area contributed by atoms with Crippen molar-refractivity contribution in [2.24, 2.45) is 0 Å². The molecular weight excluding hydrogens is 492 g/mol. The van der Waals surface area contributed by atoms with E-state index < -0.39 is 5.23 Å². The maximum Gasteiger partial charge on any atom is 0.261 e. The van der Waals surface area contributed by atoms with E-state index in [9.17, 15) is 20.0 Å². The summed E-state index contributed by atoms with van der Waals surface area (Å²) < 4.78 is 10.6. The molecule has 0 fully saturated rings. The molecule has 0 saturated carbocycles. The summed E-state index contributed by atoms with van der Waals surface area (Å²) in [6, 6.07) is 21.2. The van der Waals surface area contributed by atoms with Gasteiger partial charge in [0, 0.05) is 34.0 Å². The van der Waals surface area contributed by atoms with Crippen molar-refractivity contribution in [3.8, 4) is 11.5 Å². The van der Waals surface area contributed by atoms with Gasteiger partial charge in [-0.05, 0) is 53.8 Å². The molecule has 0 spiro atoms. The van der Waals surface area contributed by atoms with E-state index in [1.807, 2.05) is 24.3 Å². The van der Waals surface area contributed by atoms with Gasteiger partial charge in [0.15, 0.2) is 17.2 Å². The molecule has 1 aliphatic heterocycles. The molecule has 1 atom stereocenters. The molecule has 2 amide bonds. The van der Waals surface area contributed by atoms with Crippen LogP contribution in [0.15, 0.2) is 82.6 Å². The van der Waals surface area contributed by atoms with E-state index in [-0.39, 0.29) is 24.0 Å². The standard InChI is InChI=1S/C28H24N2O6S/c1-35-22-12-10-17(16-23(22)36-2)14-15-29-27(31)19-7-5-6-18-24(13-11-20(26(18)19)28(29)32)37-25-9-4-3-8-21(25)30(33)34/h3-13,16,30,33H,14-15H2,1-2H3. The minimum atomic E-state index is -1.01. The predicted octanol–water partition coefficient (Wildman–Crippen LogP) is 4.25. The molecule has 1 unspecified atom stereocenters. The predicted molar refractivity (Wildman–Crippen MR) is 139 cm³/mol. The Hall–Kier alpha value is -3.89. The summed E-state index contributed by atoms with van der Waals surface area (Å²) in [4.78, 5) is 29.5. The lowest BCUT2D eigenvalue weighted by atomic mass is 9.93. The van der Waals surface area contributed by atoms with Gasteiger partial charge in [0.25, 0.3) is 11.8 Å². The Balaban J connectivity index is 1.46. The molecule has 8 nitrogen and oxygen atoms in total. The van der Waals surface area contributed by atoms with Crippen LogP contribution < -0.4 is 14.7 Å². The van der Waals surface area contributed by atoms with Gasteiger partial charge < -0.3 is 14.7 Å². The first-order chi connectivity index (χ1) is 17.9. The van der Waals surface area contributed by atoms with E-state index in [1.165, 1.54) is 16.7 Å². The second-order valence-corrected chi connectivity index (χ2v) is 9.53. The molecule has 4 aromatic rings. The molecule has 188 valence electrons. The number of hydrogen-bond donors (Lipinski definition) is 2. The molecule has 0 aromatic heterocycles. The van der Waals surface area contributed by atoms with Gasteiger partial charge in [0.2, 0.25) is 0 Å². The maximum atomic E-state index is 13.4. The van der Waals surface area contributed by atoms with E-state index in [0.717, 1.165) is 15.8 Å². The number of hydrogen-bond acceptors (Lipinski definition) is 7. The van der Waals surface area contributed by atoms with E-state index in [0.29, 0.717) is 39.3 Å². The number of nitrogens with zero attached hydrogens (tertiary/aromatic N) is 1. The van der Waals surface area contributed by atoms with Crippen molar-refractivity contribution in [1.29, 1.82) is 0 Å². The van der Waals surface area contributed by atoms with Gasteiger partial charge in [-0.2, -0.15) is 5.23 Å². The van der Waals surface area contributed by atoms with Gasteiger partial charge in [-0.25, -0.2) is 5.21 Å². The molecule has 0 aliphatic carbocycles. The van der Waals surface area contributed by atoms with Crippen molar-refractivity contribution in [1.82, 2.24) is 4.90 Å². The van der Waals surface area contributed by atoms with Crippen molar-refractivity contribution < 1.29 is 29.5 Å². The summed E-state index contributed by atoms with van der Waals surface area (Å²) in [6.45, 7) is 0.214. The second kappa shape index (κ2) is 10.2. The summed E-state index contributed by atoms with van der Waals surface area (Å²) in [5.74, 6) is 0.492. The van der Waals surface area contributed by atoms with Crippen LogP contribution in [-0.2, 0) is 6.42 Å². The number of ether oxygens (including phenoxy) is 2.